The molecule has 1 saturated heterocycles. The second-order valence-corrected chi connectivity index (χ2v) is 5.33. The summed E-state index contributed by atoms with van der Waals surface area (Å²) in [6.45, 7) is 4.00. The van der Waals surface area contributed by atoms with E-state index in [4.69, 9.17) is 22.1 Å². The third-order valence-corrected chi connectivity index (χ3v) is 4.27. The van der Waals surface area contributed by atoms with Crippen molar-refractivity contribution in [1.29, 1.82) is 0 Å². The number of morpholine rings is 1. The van der Waals surface area contributed by atoms with Crippen molar-refractivity contribution in [3.8, 4) is 0 Å². The van der Waals surface area contributed by atoms with Gasteiger partial charge in [-0.1, -0.05) is 17.7 Å². The van der Waals surface area contributed by atoms with E-state index in [9.17, 15) is 0 Å². The van der Waals surface area contributed by atoms with Crippen LogP contribution in [0.15, 0.2) is 22.7 Å². The molecule has 0 aromatic heterocycles. The van der Waals surface area contributed by atoms with Gasteiger partial charge in [-0.25, -0.2) is 0 Å². The molecular weight excluding hydrogens is 304 g/mol. The summed E-state index contributed by atoms with van der Waals surface area (Å²) in [6.07, 6.45) is 0. The van der Waals surface area contributed by atoms with Crippen LogP contribution in [0.25, 0.3) is 0 Å². The van der Waals surface area contributed by atoms with Gasteiger partial charge in [-0.15, -0.1) is 0 Å². The minimum atomic E-state index is 0.226. The van der Waals surface area contributed by atoms with Gasteiger partial charge in [0.2, 0.25) is 0 Å². The van der Waals surface area contributed by atoms with Gasteiger partial charge in [-0.2, -0.15) is 0 Å². The van der Waals surface area contributed by atoms with E-state index < -0.39 is 0 Å². The van der Waals surface area contributed by atoms with E-state index in [0.717, 1.165) is 35.8 Å². The zero-order valence-corrected chi connectivity index (χ0v) is 11.9. The van der Waals surface area contributed by atoms with Crippen molar-refractivity contribution < 1.29 is 4.74 Å². The topological polar surface area (TPSA) is 38.5 Å². The van der Waals surface area contributed by atoms with Crippen LogP contribution in [0.5, 0.6) is 0 Å². The SMILES string of the molecule is NCC(c1ccc(Br)c(Cl)c1)N1CCOCC1. The highest BCUT2D eigenvalue weighted by molar-refractivity contribution is 9.10. The fourth-order valence-corrected chi connectivity index (χ4v) is 2.54. The molecule has 0 aliphatic carbocycles. The Labute approximate surface area is 115 Å². The van der Waals surface area contributed by atoms with E-state index >= 15 is 0 Å². The van der Waals surface area contributed by atoms with E-state index in [0.29, 0.717) is 6.54 Å². The van der Waals surface area contributed by atoms with Gasteiger partial charge >= 0.3 is 0 Å². The molecular formula is C12H16BrClN2O. The predicted molar refractivity (Wildman–Crippen MR) is 73.3 cm³/mol. The molecule has 2 N–H and O–H groups in total. The van der Waals surface area contributed by atoms with E-state index in [1.165, 1.54) is 5.56 Å². The fraction of sp³-hybridized carbons (Fsp3) is 0.500. The highest BCUT2D eigenvalue weighted by Crippen LogP contribution is 2.28. The Bertz CT molecular complexity index is 383. The van der Waals surface area contributed by atoms with E-state index in [1.807, 2.05) is 12.1 Å². The lowest BCUT2D eigenvalue weighted by Crippen LogP contribution is -2.41. The molecule has 1 aromatic carbocycles. The minimum Gasteiger partial charge on any atom is -0.379 e. The molecule has 0 bridgehead atoms. The predicted octanol–water partition coefficient (Wildman–Crippen LogP) is 2.43. The monoisotopic (exact) mass is 318 g/mol. The Morgan fingerprint density at radius 3 is 2.71 bits per heavy atom. The lowest BCUT2D eigenvalue weighted by atomic mass is 10.1. The molecule has 94 valence electrons. The summed E-state index contributed by atoms with van der Waals surface area (Å²) >= 11 is 9.52. The first-order chi connectivity index (χ1) is 8.22. The van der Waals surface area contributed by atoms with Crippen LogP contribution in [0.2, 0.25) is 5.02 Å². The molecule has 0 saturated carbocycles. The number of rotatable bonds is 3. The second kappa shape index (κ2) is 6.16. The van der Waals surface area contributed by atoms with Crippen LogP contribution < -0.4 is 5.73 Å². The highest BCUT2D eigenvalue weighted by atomic mass is 79.9. The molecule has 1 aliphatic rings. The van der Waals surface area contributed by atoms with Gasteiger partial charge in [-0.05, 0) is 33.6 Å². The van der Waals surface area contributed by atoms with Crippen molar-refractivity contribution in [2.24, 2.45) is 5.73 Å². The lowest BCUT2D eigenvalue weighted by molar-refractivity contribution is 0.0179. The Kier molecular flexibility index (Phi) is 4.82. The number of hydrogen-bond acceptors (Lipinski definition) is 3. The summed E-state index contributed by atoms with van der Waals surface area (Å²) in [5.74, 6) is 0. The average Bonchev–Trinajstić information content (AvgIpc) is 2.36. The lowest BCUT2D eigenvalue weighted by Gasteiger charge is -2.34. The molecule has 1 atom stereocenters. The van der Waals surface area contributed by atoms with E-state index in [-0.39, 0.29) is 6.04 Å². The largest absolute Gasteiger partial charge is 0.379 e. The van der Waals surface area contributed by atoms with Crippen LogP contribution in [-0.4, -0.2) is 37.7 Å². The van der Waals surface area contributed by atoms with Crippen molar-refractivity contribution in [3.05, 3.63) is 33.3 Å². The molecule has 0 spiro atoms. The molecule has 1 fully saturated rings. The summed E-state index contributed by atoms with van der Waals surface area (Å²) in [5, 5.41) is 0.731. The van der Waals surface area contributed by atoms with Crippen LogP contribution in [0.3, 0.4) is 0 Å². The van der Waals surface area contributed by atoms with Gasteiger partial charge in [0.05, 0.1) is 18.2 Å². The molecule has 17 heavy (non-hydrogen) atoms. The molecule has 1 aromatic rings. The molecule has 2 rings (SSSR count). The van der Waals surface area contributed by atoms with Crippen LogP contribution in [-0.2, 0) is 4.74 Å². The van der Waals surface area contributed by atoms with Crippen LogP contribution in [0, 0.1) is 0 Å². The first-order valence-corrected chi connectivity index (χ1v) is 6.86. The van der Waals surface area contributed by atoms with Crippen molar-refractivity contribution >= 4 is 27.5 Å². The van der Waals surface area contributed by atoms with Gasteiger partial charge in [0.25, 0.3) is 0 Å². The standard InChI is InChI=1S/C12H16BrClN2O/c13-10-2-1-9(7-11(10)14)12(8-15)16-3-5-17-6-4-16/h1-2,7,12H,3-6,8,15H2. The molecule has 1 aliphatic heterocycles. The number of halogens is 2. The number of benzene rings is 1. The quantitative estimate of drug-likeness (QED) is 0.930. The summed E-state index contributed by atoms with van der Waals surface area (Å²) in [5.41, 5.74) is 7.06. The maximum atomic E-state index is 6.12. The number of nitrogens with zero attached hydrogens (tertiary/aromatic N) is 1. The molecule has 0 radical (unpaired) electrons. The molecule has 0 amide bonds. The Morgan fingerprint density at radius 2 is 2.12 bits per heavy atom. The maximum absolute atomic E-state index is 6.12. The normalized spacial score (nSPS) is 19.2. The summed E-state index contributed by atoms with van der Waals surface area (Å²) < 4.78 is 6.27. The van der Waals surface area contributed by atoms with Crippen molar-refractivity contribution in [2.75, 3.05) is 32.8 Å². The maximum Gasteiger partial charge on any atom is 0.0594 e. The van der Waals surface area contributed by atoms with Gasteiger partial charge in [-0.3, -0.25) is 4.90 Å². The van der Waals surface area contributed by atoms with Crippen molar-refractivity contribution in [1.82, 2.24) is 4.90 Å². The van der Waals surface area contributed by atoms with Crippen molar-refractivity contribution in [2.45, 2.75) is 6.04 Å². The number of hydrogen-bond donors (Lipinski definition) is 1. The van der Waals surface area contributed by atoms with Gasteiger partial charge < -0.3 is 10.5 Å². The molecule has 3 nitrogen and oxygen atoms in total. The first-order valence-electron chi connectivity index (χ1n) is 5.69. The molecule has 1 heterocycles. The minimum absolute atomic E-state index is 0.226. The van der Waals surface area contributed by atoms with E-state index in [1.54, 1.807) is 0 Å². The second-order valence-electron chi connectivity index (χ2n) is 4.07. The Balaban J connectivity index is 2.18. The van der Waals surface area contributed by atoms with Gasteiger partial charge in [0.1, 0.15) is 0 Å². The fourth-order valence-electron chi connectivity index (χ4n) is 2.10. The van der Waals surface area contributed by atoms with Crippen LogP contribution in [0.4, 0.5) is 0 Å². The summed E-state index contributed by atoms with van der Waals surface area (Å²) in [4.78, 5) is 2.35. The van der Waals surface area contributed by atoms with Gasteiger partial charge in [0, 0.05) is 30.1 Å². The Hall–Kier alpha value is -0.130. The Morgan fingerprint density at radius 1 is 1.41 bits per heavy atom. The summed E-state index contributed by atoms with van der Waals surface area (Å²) in [7, 11) is 0. The third kappa shape index (κ3) is 3.20. The first kappa shape index (κ1) is 13.3. The van der Waals surface area contributed by atoms with Crippen LogP contribution in [0.1, 0.15) is 11.6 Å². The average molecular weight is 320 g/mol. The number of ether oxygens (including phenoxy) is 1. The zero-order chi connectivity index (χ0) is 12.3. The van der Waals surface area contributed by atoms with Crippen LogP contribution >= 0.6 is 27.5 Å². The van der Waals surface area contributed by atoms with E-state index in [2.05, 4.69) is 26.9 Å². The summed E-state index contributed by atoms with van der Waals surface area (Å²) in [6, 6.07) is 6.26. The smallest absolute Gasteiger partial charge is 0.0594 e. The zero-order valence-electron chi connectivity index (χ0n) is 9.53. The van der Waals surface area contributed by atoms with Gasteiger partial charge in [0.15, 0.2) is 0 Å². The highest BCUT2D eigenvalue weighted by Gasteiger charge is 2.21. The number of nitrogens with two attached hydrogens (primary N) is 1. The molecule has 1 unspecified atom stereocenters. The third-order valence-electron chi connectivity index (χ3n) is 3.04. The molecule has 5 heteroatoms. The van der Waals surface area contributed by atoms with Crippen molar-refractivity contribution in [3.63, 3.8) is 0 Å².